The summed E-state index contributed by atoms with van der Waals surface area (Å²) < 4.78 is 2.16. The zero-order valence-electron chi connectivity index (χ0n) is 8.95. The number of hydrogen-bond donors (Lipinski definition) is 1. The van der Waals surface area contributed by atoms with Crippen LogP contribution in [0.15, 0.2) is 6.33 Å². The Morgan fingerprint density at radius 3 is 2.86 bits per heavy atom. The standard InChI is InChI=1S/C10H18N4/c1-3-14-8-12-13-9(14)10(2)4-6-11-7-5-10/h8,11H,3-7H2,1-2H3. The van der Waals surface area contributed by atoms with Crippen LogP contribution in [0.2, 0.25) is 0 Å². The number of aryl methyl sites for hydroxylation is 1. The van der Waals surface area contributed by atoms with Gasteiger partial charge in [-0.05, 0) is 32.9 Å². The average Bonchev–Trinajstić information content (AvgIpc) is 2.67. The van der Waals surface area contributed by atoms with Crippen LogP contribution < -0.4 is 5.32 Å². The quantitative estimate of drug-likeness (QED) is 0.762. The zero-order valence-corrected chi connectivity index (χ0v) is 8.95. The van der Waals surface area contributed by atoms with Crippen LogP contribution in [0.1, 0.15) is 32.5 Å². The van der Waals surface area contributed by atoms with Crippen LogP contribution in [-0.2, 0) is 12.0 Å². The molecule has 14 heavy (non-hydrogen) atoms. The van der Waals surface area contributed by atoms with Gasteiger partial charge in [-0.25, -0.2) is 0 Å². The van der Waals surface area contributed by atoms with Crippen LogP contribution in [0, 0.1) is 0 Å². The normalized spacial score (nSPS) is 21.0. The first-order valence-corrected chi connectivity index (χ1v) is 5.35. The third kappa shape index (κ3) is 1.54. The predicted molar refractivity (Wildman–Crippen MR) is 55.2 cm³/mol. The van der Waals surface area contributed by atoms with Gasteiger partial charge in [-0.1, -0.05) is 6.92 Å². The van der Waals surface area contributed by atoms with Gasteiger partial charge < -0.3 is 9.88 Å². The van der Waals surface area contributed by atoms with Crippen molar-refractivity contribution in [1.29, 1.82) is 0 Å². The highest BCUT2D eigenvalue weighted by molar-refractivity contribution is 5.08. The second kappa shape index (κ2) is 3.69. The maximum absolute atomic E-state index is 4.27. The Morgan fingerprint density at radius 1 is 1.50 bits per heavy atom. The van der Waals surface area contributed by atoms with Crippen molar-refractivity contribution in [2.24, 2.45) is 0 Å². The molecule has 0 spiro atoms. The lowest BCUT2D eigenvalue weighted by Gasteiger charge is -2.33. The molecule has 1 saturated heterocycles. The number of nitrogens with one attached hydrogen (secondary N) is 1. The number of rotatable bonds is 2. The van der Waals surface area contributed by atoms with Crippen molar-refractivity contribution in [2.75, 3.05) is 13.1 Å². The maximum Gasteiger partial charge on any atom is 0.138 e. The molecule has 1 aromatic heterocycles. The molecule has 0 aromatic carbocycles. The molecule has 4 nitrogen and oxygen atoms in total. The molecule has 0 amide bonds. The molecule has 0 aliphatic carbocycles. The summed E-state index contributed by atoms with van der Waals surface area (Å²) in [5.74, 6) is 1.15. The van der Waals surface area contributed by atoms with Crippen LogP contribution in [0.4, 0.5) is 0 Å². The Kier molecular flexibility index (Phi) is 2.54. The molecule has 0 unspecified atom stereocenters. The highest BCUT2D eigenvalue weighted by Crippen LogP contribution is 2.30. The van der Waals surface area contributed by atoms with Crippen LogP contribution in [0.5, 0.6) is 0 Å². The van der Waals surface area contributed by atoms with Crippen molar-refractivity contribution in [1.82, 2.24) is 20.1 Å². The summed E-state index contributed by atoms with van der Waals surface area (Å²) in [5.41, 5.74) is 0.220. The van der Waals surface area contributed by atoms with E-state index in [1.54, 1.807) is 0 Å². The van der Waals surface area contributed by atoms with E-state index in [9.17, 15) is 0 Å². The Hall–Kier alpha value is -0.900. The molecule has 0 saturated carbocycles. The van der Waals surface area contributed by atoms with Crippen LogP contribution >= 0.6 is 0 Å². The molecule has 0 bridgehead atoms. The van der Waals surface area contributed by atoms with Gasteiger partial charge in [-0.3, -0.25) is 0 Å². The van der Waals surface area contributed by atoms with Crippen LogP contribution in [0.3, 0.4) is 0 Å². The minimum absolute atomic E-state index is 0.220. The first-order chi connectivity index (χ1) is 6.76. The van der Waals surface area contributed by atoms with E-state index in [1.807, 2.05) is 6.33 Å². The Bertz CT molecular complexity index is 299. The van der Waals surface area contributed by atoms with Crippen molar-refractivity contribution in [3.05, 3.63) is 12.2 Å². The largest absolute Gasteiger partial charge is 0.317 e. The van der Waals surface area contributed by atoms with Crippen molar-refractivity contribution >= 4 is 0 Å². The number of piperidine rings is 1. The van der Waals surface area contributed by atoms with E-state index in [1.165, 1.54) is 0 Å². The summed E-state index contributed by atoms with van der Waals surface area (Å²) in [6.45, 7) is 7.58. The van der Waals surface area contributed by atoms with Crippen molar-refractivity contribution in [3.63, 3.8) is 0 Å². The minimum Gasteiger partial charge on any atom is -0.317 e. The lowest BCUT2D eigenvalue weighted by Crippen LogP contribution is -2.39. The lowest BCUT2D eigenvalue weighted by molar-refractivity contribution is 0.308. The molecule has 1 N–H and O–H groups in total. The van der Waals surface area contributed by atoms with E-state index in [0.29, 0.717) is 0 Å². The fraction of sp³-hybridized carbons (Fsp3) is 0.800. The third-order valence-electron chi connectivity index (χ3n) is 3.20. The number of aromatic nitrogens is 3. The molecule has 1 aliphatic rings. The lowest BCUT2D eigenvalue weighted by atomic mass is 9.80. The summed E-state index contributed by atoms with van der Waals surface area (Å²) in [7, 11) is 0. The summed E-state index contributed by atoms with van der Waals surface area (Å²) >= 11 is 0. The highest BCUT2D eigenvalue weighted by atomic mass is 15.3. The van der Waals surface area contributed by atoms with Gasteiger partial charge in [-0.15, -0.1) is 10.2 Å². The van der Waals surface area contributed by atoms with Gasteiger partial charge in [0, 0.05) is 12.0 Å². The molecule has 4 heteroatoms. The summed E-state index contributed by atoms with van der Waals surface area (Å²) in [5, 5.41) is 11.7. The topological polar surface area (TPSA) is 42.7 Å². The van der Waals surface area contributed by atoms with Crippen molar-refractivity contribution in [2.45, 2.75) is 38.6 Å². The van der Waals surface area contributed by atoms with Crippen LogP contribution in [-0.4, -0.2) is 27.9 Å². The fourth-order valence-electron chi connectivity index (χ4n) is 2.16. The molecular weight excluding hydrogens is 176 g/mol. The second-order valence-electron chi connectivity index (χ2n) is 4.25. The molecule has 1 aliphatic heterocycles. The molecular formula is C10H18N4. The van der Waals surface area contributed by atoms with E-state index in [2.05, 4.69) is 33.9 Å². The van der Waals surface area contributed by atoms with E-state index in [-0.39, 0.29) is 5.41 Å². The first-order valence-electron chi connectivity index (χ1n) is 5.35. The maximum atomic E-state index is 4.27. The third-order valence-corrected chi connectivity index (χ3v) is 3.20. The fourth-order valence-corrected chi connectivity index (χ4v) is 2.16. The molecule has 1 aromatic rings. The SMILES string of the molecule is CCn1cnnc1C1(C)CCNCC1. The molecule has 1 fully saturated rings. The van der Waals surface area contributed by atoms with E-state index >= 15 is 0 Å². The number of hydrogen-bond acceptors (Lipinski definition) is 3. The summed E-state index contributed by atoms with van der Waals surface area (Å²) in [6.07, 6.45) is 4.15. The molecule has 2 rings (SSSR count). The highest BCUT2D eigenvalue weighted by Gasteiger charge is 2.32. The Balaban J connectivity index is 2.27. The van der Waals surface area contributed by atoms with Gasteiger partial charge in [0.1, 0.15) is 12.2 Å². The molecule has 2 heterocycles. The van der Waals surface area contributed by atoms with Gasteiger partial charge in [-0.2, -0.15) is 0 Å². The smallest absolute Gasteiger partial charge is 0.138 e. The van der Waals surface area contributed by atoms with Crippen LogP contribution in [0.25, 0.3) is 0 Å². The second-order valence-corrected chi connectivity index (χ2v) is 4.25. The van der Waals surface area contributed by atoms with Crippen molar-refractivity contribution in [3.8, 4) is 0 Å². The van der Waals surface area contributed by atoms with Gasteiger partial charge in [0.15, 0.2) is 0 Å². The van der Waals surface area contributed by atoms with E-state index in [4.69, 9.17) is 0 Å². The van der Waals surface area contributed by atoms with Gasteiger partial charge in [0.25, 0.3) is 0 Å². The Labute approximate surface area is 84.7 Å². The molecule has 0 atom stereocenters. The number of nitrogens with zero attached hydrogens (tertiary/aromatic N) is 3. The van der Waals surface area contributed by atoms with E-state index < -0.39 is 0 Å². The molecule has 0 radical (unpaired) electrons. The summed E-state index contributed by atoms with van der Waals surface area (Å²) in [4.78, 5) is 0. The van der Waals surface area contributed by atoms with Gasteiger partial charge in [0.2, 0.25) is 0 Å². The average molecular weight is 194 g/mol. The zero-order chi connectivity index (χ0) is 10.0. The predicted octanol–water partition coefficient (Wildman–Crippen LogP) is 0.939. The first kappa shape index (κ1) is 9.65. The van der Waals surface area contributed by atoms with Gasteiger partial charge >= 0.3 is 0 Å². The van der Waals surface area contributed by atoms with E-state index in [0.717, 1.165) is 38.3 Å². The monoisotopic (exact) mass is 194 g/mol. The minimum atomic E-state index is 0.220. The van der Waals surface area contributed by atoms with Crippen molar-refractivity contribution < 1.29 is 0 Å². The molecule has 78 valence electrons. The van der Waals surface area contributed by atoms with Gasteiger partial charge in [0.05, 0.1) is 0 Å². The Morgan fingerprint density at radius 2 is 2.21 bits per heavy atom. The summed E-state index contributed by atoms with van der Waals surface area (Å²) in [6, 6.07) is 0.